The Morgan fingerprint density at radius 1 is 1.00 bits per heavy atom. The van der Waals surface area contributed by atoms with Gasteiger partial charge in [-0.3, -0.25) is 19.6 Å². The molecule has 8 heteroatoms. The average Bonchev–Trinajstić information content (AvgIpc) is 3.17. The zero-order valence-electron chi connectivity index (χ0n) is 19.3. The van der Waals surface area contributed by atoms with Crippen molar-refractivity contribution in [3.05, 3.63) is 0 Å². The number of carbonyl (C=O) groups is 1. The molecule has 30 heavy (non-hydrogen) atoms. The molecular formula is C22H43IN6O. The van der Waals surface area contributed by atoms with Crippen LogP contribution in [0, 0.1) is 5.92 Å². The second kappa shape index (κ2) is 13.1. The predicted molar refractivity (Wildman–Crippen MR) is 135 cm³/mol. The van der Waals surface area contributed by atoms with E-state index in [0.29, 0.717) is 17.9 Å². The molecule has 3 aliphatic rings. The highest BCUT2D eigenvalue weighted by molar-refractivity contribution is 14.0. The summed E-state index contributed by atoms with van der Waals surface area (Å²) in [4.78, 5) is 26.9. The number of halogens is 1. The topological polar surface area (TPSA) is 54.4 Å². The van der Waals surface area contributed by atoms with Gasteiger partial charge in [-0.2, -0.15) is 0 Å². The summed E-state index contributed by atoms with van der Waals surface area (Å²) in [5.74, 6) is 1.80. The molecule has 1 aliphatic carbocycles. The number of piperazine rings is 1. The molecule has 1 saturated carbocycles. The molecule has 0 radical (unpaired) electrons. The fourth-order valence-electron chi connectivity index (χ4n) is 4.80. The zero-order valence-corrected chi connectivity index (χ0v) is 21.6. The number of nitrogens with one attached hydrogen (secondary N) is 1. The molecule has 1 amide bonds. The van der Waals surface area contributed by atoms with E-state index in [1.165, 1.54) is 12.8 Å². The van der Waals surface area contributed by atoms with Gasteiger partial charge >= 0.3 is 0 Å². The monoisotopic (exact) mass is 534 g/mol. The molecule has 1 atom stereocenters. The molecule has 0 bridgehead atoms. The molecule has 7 nitrogen and oxygen atoms in total. The summed E-state index contributed by atoms with van der Waals surface area (Å²) in [6.45, 7) is 17.5. The first kappa shape index (κ1) is 25.6. The number of hydrogen-bond donors (Lipinski definition) is 1. The van der Waals surface area contributed by atoms with Gasteiger partial charge < -0.3 is 15.1 Å². The standard InChI is InChI=1S/C22H42N6O.HI/c1-4-23-22(28-12-10-20(18-28)26(5-2)6-3)24-11-13-25-14-16-27(17-15-25)21(29)19-8-7-9-19;/h19-20H,4-18H2,1-3H3,(H,23,24);1H. The number of hydrogen-bond acceptors (Lipinski definition) is 4. The van der Waals surface area contributed by atoms with Gasteiger partial charge in [-0.15, -0.1) is 24.0 Å². The van der Waals surface area contributed by atoms with Crippen molar-refractivity contribution in [2.24, 2.45) is 10.9 Å². The number of amides is 1. The van der Waals surface area contributed by atoms with Gasteiger partial charge in [-0.05, 0) is 39.3 Å². The number of likely N-dealkylation sites (N-methyl/N-ethyl adjacent to an activating group) is 1. The highest BCUT2D eigenvalue weighted by Gasteiger charge is 2.31. The van der Waals surface area contributed by atoms with Gasteiger partial charge in [0.1, 0.15) is 0 Å². The quantitative estimate of drug-likeness (QED) is 0.293. The first-order valence-electron chi connectivity index (χ1n) is 11.9. The van der Waals surface area contributed by atoms with E-state index >= 15 is 0 Å². The number of rotatable bonds is 8. The Morgan fingerprint density at radius 3 is 2.27 bits per heavy atom. The van der Waals surface area contributed by atoms with E-state index in [9.17, 15) is 4.79 Å². The zero-order chi connectivity index (χ0) is 20.6. The SMILES string of the molecule is CCNC(=NCCN1CCN(C(=O)C2CCC2)CC1)N1CCC(N(CC)CC)C1.I. The van der Waals surface area contributed by atoms with Crippen LogP contribution in [0.1, 0.15) is 46.5 Å². The summed E-state index contributed by atoms with van der Waals surface area (Å²) in [7, 11) is 0. The number of nitrogens with zero attached hydrogens (tertiary/aromatic N) is 5. The van der Waals surface area contributed by atoms with E-state index < -0.39 is 0 Å². The van der Waals surface area contributed by atoms with Crippen LogP contribution in [0.5, 0.6) is 0 Å². The maximum absolute atomic E-state index is 12.4. The Hall–Kier alpha value is -0.610. The molecule has 3 fully saturated rings. The normalized spacial score (nSPS) is 23.5. The molecule has 0 spiro atoms. The summed E-state index contributed by atoms with van der Waals surface area (Å²) in [6.07, 6.45) is 4.66. The first-order valence-corrected chi connectivity index (χ1v) is 11.9. The van der Waals surface area contributed by atoms with E-state index in [2.05, 4.69) is 45.7 Å². The van der Waals surface area contributed by atoms with Gasteiger partial charge in [0.25, 0.3) is 0 Å². The third-order valence-electron chi connectivity index (χ3n) is 6.94. The summed E-state index contributed by atoms with van der Waals surface area (Å²) in [5.41, 5.74) is 0. The lowest BCUT2D eigenvalue weighted by molar-refractivity contribution is -0.139. The number of aliphatic imine (C=N–C) groups is 1. The predicted octanol–water partition coefficient (Wildman–Crippen LogP) is 1.93. The van der Waals surface area contributed by atoms with Gasteiger partial charge in [0.2, 0.25) is 5.91 Å². The third-order valence-corrected chi connectivity index (χ3v) is 6.94. The summed E-state index contributed by atoms with van der Waals surface area (Å²) in [6, 6.07) is 0.648. The minimum Gasteiger partial charge on any atom is -0.357 e. The van der Waals surface area contributed by atoms with Gasteiger partial charge in [-0.1, -0.05) is 20.3 Å². The van der Waals surface area contributed by atoms with Crippen LogP contribution in [0.3, 0.4) is 0 Å². The molecule has 1 unspecified atom stereocenters. The van der Waals surface area contributed by atoms with Crippen molar-refractivity contribution < 1.29 is 4.79 Å². The van der Waals surface area contributed by atoms with E-state index in [1.54, 1.807) is 0 Å². The molecule has 3 rings (SSSR count). The second-order valence-corrected chi connectivity index (χ2v) is 8.64. The van der Waals surface area contributed by atoms with Crippen molar-refractivity contribution in [1.82, 2.24) is 24.9 Å². The Balaban J connectivity index is 0.00000320. The van der Waals surface area contributed by atoms with Crippen LogP contribution < -0.4 is 5.32 Å². The lowest BCUT2D eigenvalue weighted by Gasteiger charge is -2.38. The van der Waals surface area contributed by atoms with Gasteiger partial charge in [0.15, 0.2) is 5.96 Å². The molecule has 2 aliphatic heterocycles. The Kier molecular flexibility index (Phi) is 11.2. The van der Waals surface area contributed by atoms with E-state index in [1.807, 2.05) is 0 Å². The van der Waals surface area contributed by atoms with Gasteiger partial charge in [-0.25, -0.2) is 0 Å². The van der Waals surface area contributed by atoms with Crippen LogP contribution in [0.25, 0.3) is 0 Å². The van der Waals surface area contributed by atoms with Crippen LogP contribution in [0.2, 0.25) is 0 Å². The molecule has 2 heterocycles. The average molecular weight is 535 g/mol. The Morgan fingerprint density at radius 2 is 1.70 bits per heavy atom. The maximum atomic E-state index is 12.4. The molecule has 0 aromatic heterocycles. The van der Waals surface area contributed by atoms with E-state index in [0.717, 1.165) is 90.8 Å². The highest BCUT2D eigenvalue weighted by atomic mass is 127. The van der Waals surface area contributed by atoms with Crippen LogP contribution in [0.4, 0.5) is 0 Å². The number of likely N-dealkylation sites (tertiary alicyclic amines) is 1. The molecule has 174 valence electrons. The lowest BCUT2D eigenvalue weighted by Crippen LogP contribution is -2.51. The first-order chi connectivity index (χ1) is 14.2. The van der Waals surface area contributed by atoms with E-state index in [-0.39, 0.29) is 24.0 Å². The van der Waals surface area contributed by atoms with Crippen molar-refractivity contribution in [3.8, 4) is 0 Å². The molecule has 2 saturated heterocycles. The van der Waals surface area contributed by atoms with Gasteiger partial charge in [0, 0.05) is 64.3 Å². The fraction of sp³-hybridized carbons (Fsp3) is 0.909. The summed E-state index contributed by atoms with van der Waals surface area (Å²) < 4.78 is 0. The second-order valence-electron chi connectivity index (χ2n) is 8.64. The molecule has 0 aromatic rings. The van der Waals surface area contributed by atoms with Crippen LogP contribution >= 0.6 is 24.0 Å². The number of carbonyl (C=O) groups excluding carboxylic acids is 1. The highest BCUT2D eigenvalue weighted by Crippen LogP contribution is 2.28. The molecule has 1 N–H and O–H groups in total. The van der Waals surface area contributed by atoms with E-state index in [4.69, 9.17) is 4.99 Å². The lowest BCUT2D eigenvalue weighted by atomic mass is 9.84. The smallest absolute Gasteiger partial charge is 0.225 e. The van der Waals surface area contributed by atoms with Crippen molar-refractivity contribution in [3.63, 3.8) is 0 Å². The summed E-state index contributed by atoms with van der Waals surface area (Å²) in [5, 5.41) is 3.49. The molecular weight excluding hydrogens is 491 g/mol. The maximum Gasteiger partial charge on any atom is 0.225 e. The number of guanidine groups is 1. The Bertz CT molecular complexity index is 544. The summed E-state index contributed by atoms with van der Waals surface area (Å²) >= 11 is 0. The van der Waals surface area contributed by atoms with Crippen LogP contribution in [-0.4, -0.2) is 110 Å². The van der Waals surface area contributed by atoms with Crippen LogP contribution in [0.15, 0.2) is 4.99 Å². The third kappa shape index (κ3) is 6.69. The van der Waals surface area contributed by atoms with Crippen molar-refractivity contribution in [2.75, 3.05) is 72.0 Å². The minimum absolute atomic E-state index is 0. The fourth-order valence-corrected chi connectivity index (χ4v) is 4.80. The molecule has 0 aromatic carbocycles. The van der Waals surface area contributed by atoms with Crippen molar-refractivity contribution in [1.29, 1.82) is 0 Å². The largest absolute Gasteiger partial charge is 0.357 e. The minimum atomic E-state index is 0. The van der Waals surface area contributed by atoms with Crippen molar-refractivity contribution >= 4 is 35.8 Å². The van der Waals surface area contributed by atoms with Crippen molar-refractivity contribution in [2.45, 2.75) is 52.5 Å². The van der Waals surface area contributed by atoms with Gasteiger partial charge in [0.05, 0.1) is 6.54 Å². The van der Waals surface area contributed by atoms with Crippen LogP contribution in [-0.2, 0) is 4.79 Å². The Labute approximate surface area is 200 Å².